The van der Waals surface area contributed by atoms with Gasteiger partial charge >= 0.3 is 0 Å². The molecule has 0 spiro atoms. The second-order valence-electron chi connectivity index (χ2n) is 21.0. The number of fused-ring (bicyclic) bond motifs is 6. The van der Waals surface area contributed by atoms with Gasteiger partial charge in [-0.25, -0.2) is 0 Å². The fourth-order valence-corrected chi connectivity index (χ4v) is 11.3. The van der Waals surface area contributed by atoms with Crippen LogP contribution in [0.2, 0.25) is 0 Å². The summed E-state index contributed by atoms with van der Waals surface area (Å²) in [6, 6.07) is 30.2. The number of hydrogen-bond donors (Lipinski definition) is 0. The van der Waals surface area contributed by atoms with Crippen molar-refractivity contribution in [2.45, 2.75) is 168 Å². The molecule has 4 aromatic carbocycles. The van der Waals surface area contributed by atoms with Crippen molar-refractivity contribution in [3.8, 4) is 33.4 Å². The zero-order chi connectivity index (χ0) is 43.0. The first-order valence-corrected chi connectivity index (χ1v) is 25.0. The maximum absolute atomic E-state index is 2.69. The van der Waals surface area contributed by atoms with Gasteiger partial charge in [0.05, 0.1) is 54.4 Å². The molecule has 0 heterocycles. The molecule has 2 aliphatic carbocycles. The summed E-state index contributed by atoms with van der Waals surface area (Å²) >= 11 is 0. The maximum atomic E-state index is 2.69. The van der Waals surface area contributed by atoms with Crippen molar-refractivity contribution >= 4 is 0 Å². The first kappa shape index (κ1) is 46.3. The predicted octanol–water partition coefficient (Wildman–Crippen LogP) is 15.8. The summed E-state index contributed by atoms with van der Waals surface area (Å²) in [5.74, 6) is 0. The summed E-state index contributed by atoms with van der Waals surface area (Å²) in [5.41, 5.74) is 18.1. The van der Waals surface area contributed by atoms with Crippen molar-refractivity contribution in [2.24, 2.45) is 0 Å². The third-order valence-electron chi connectivity index (χ3n) is 15.7. The molecular weight excluding hydrogens is 725 g/mol. The van der Waals surface area contributed by atoms with Crippen LogP contribution in [0.25, 0.3) is 33.4 Å². The van der Waals surface area contributed by atoms with Crippen LogP contribution in [0.1, 0.15) is 177 Å². The number of aryl methyl sites for hydroxylation is 2. The van der Waals surface area contributed by atoms with Crippen molar-refractivity contribution in [2.75, 3.05) is 54.4 Å². The van der Waals surface area contributed by atoms with E-state index in [1.165, 1.54) is 186 Å². The number of quaternary nitrogens is 2. The van der Waals surface area contributed by atoms with Crippen LogP contribution in [0.4, 0.5) is 0 Å². The van der Waals surface area contributed by atoms with Crippen molar-refractivity contribution in [1.29, 1.82) is 0 Å². The number of benzene rings is 4. The lowest BCUT2D eigenvalue weighted by Gasteiger charge is -2.36. The van der Waals surface area contributed by atoms with Gasteiger partial charge in [0.1, 0.15) is 0 Å². The minimum absolute atomic E-state index is 0.0258. The van der Waals surface area contributed by atoms with Gasteiger partial charge in [0.2, 0.25) is 0 Å². The molecule has 0 atom stereocenters. The van der Waals surface area contributed by atoms with E-state index in [9.17, 15) is 0 Å². The minimum Gasteiger partial charge on any atom is -0.329 e. The van der Waals surface area contributed by atoms with Crippen LogP contribution in [0, 0.1) is 13.8 Å². The SMILES string of the molecule is CCCCCCCCC1(CCCCCCCC)c2cc(C)ccc2-c2ccc(-c3ccc4c(c3)C(CCC[N+](C)(C)CC)(CCC[N+](C)(C)CC)c3cc(C)ccc3-4)cc21. The molecule has 0 fully saturated rings. The molecule has 0 unspecified atom stereocenters. The molecule has 2 heteroatoms. The number of hydrogen-bond acceptors (Lipinski definition) is 0. The summed E-state index contributed by atoms with van der Waals surface area (Å²) in [5, 5.41) is 0. The van der Waals surface area contributed by atoms with Crippen molar-refractivity contribution < 1.29 is 8.97 Å². The highest BCUT2D eigenvalue weighted by Crippen LogP contribution is 2.57. The third kappa shape index (κ3) is 10.2. The summed E-state index contributed by atoms with van der Waals surface area (Å²) in [7, 11) is 9.66. The van der Waals surface area contributed by atoms with Crippen LogP contribution in [-0.2, 0) is 10.8 Å². The van der Waals surface area contributed by atoms with Gasteiger partial charge < -0.3 is 8.97 Å². The molecule has 0 saturated carbocycles. The molecule has 0 aromatic heterocycles. The van der Waals surface area contributed by atoms with Gasteiger partial charge in [-0.05, 0) is 134 Å². The molecule has 2 aliphatic rings. The molecule has 4 aromatic rings. The molecule has 6 rings (SSSR count). The summed E-state index contributed by atoms with van der Waals surface area (Å²) in [6.45, 7) is 18.8. The highest BCUT2D eigenvalue weighted by atomic mass is 15.3. The van der Waals surface area contributed by atoms with E-state index < -0.39 is 0 Å². The summed E-state index contributed by atoms with van der Waals surface area (Å²) in [6.07, 6.45) is 23.6. The Morgan fingerprint density at radius 2 is 0.683 bits per heavy atom. The minimum atomic E-state index is 0.0258. The molecule has 0 radical (unpaired) electrons. The monoisotopic (exact) mass is 811 g/mol. The molecule has 0 bridgehead atoms. The van der Waals surface area contributed by atoms with E-state index in [-0.39, 0.29) is 10.8 Å². The Kier molecular flexibility index (Phi) is 15.7. The Hall–Kier alpha value is -3.20. The molecule has 0 N–H and O–H groups in total. The average molecular weight is 811 g/mol. The highest BCUT2D eigenvalue weighted by Gasteiger charge is 2.45. The van der Waals surface area contributed by atoms with Crippen molar-refractivity contribution in [1.82, 2.24) is 0 Å². The van der Waals surface area contributed by atoms with Crippen LogP contribution in [0.15, 0.2) is 72.8 Å². The van der Waals surface area contributed by atoms with Gasteiger partial charge in [0.25, 0.3) is 0 Å². The Balaban J connectivity index is 1.44. The Morgan fingerprint density at radius 3 is 1.05 bits per heavy atom. The van der Waals surface area contributed by atoms with Gasteiger partial charge in [0, 0.05) is 10.8 Å². The van der Waals surface area contributed by atoms with Crippen LogP contribution >= 0.6 is 0 Å². The number of rotatable bonds is 25. The standard InChI is InChI=1S/C58H86N2/c1-11-15-17-19-21-23-35-57(36-24-22-20-18-16-12-2)53-41-45(5)27-31-49(53)51-33-29-47(43-55(51)57)48-30-34-52-50-32-28-46(6)42-54(50)58(56(52)44-48,37-25-39-59(7,8)13-3)38-26-40-60(9,10)14-4/h27-34,41-44H,11-26,35-40H2,1-10H3/q+2. The Labute approximate surface area is 369 Å². The van der Waals surface area contributed by atoms with Crippen LogP contribution in [0.3, 0.4) is 0 Å². The van der Waals surface area contributed by atoms with Gasteiger partial charge in [0.15, 0.2) is 0 Å². The summed E-state index contributed by atoms with van der Waals surface area (Å²) in [4.78, 5) is 0. The fourth-order valence-electron chi connectivity index (χ4n) is 11.3. The van der Waals surface area contributed by atoms with E-state index in [1.54, 1.807) is 22.3 Å². The van der Waals surface area contributed by atoms with E-state index in [0.29, 0.717) is 0 Å². The largest absolute Gasteiger partial charge is 0.329 e. The van der Waals surface area contributed by atoms with Gasteiger partial charge in [-0.3, -0.25) is 0 Å². The Morgan fingerprint density at radius 1 is 0.367 bits per heavy atom. The maximum Gasteiger partial charge on any atom is 0.0782 e. The predicted molar refractivity (Wildman–Crippen MR) is 263 cm³/mol. The van der Waals surface area contributed by atoms with Gasteiger partial charge in [-0.2, -0.15) is 0 Å². The van der Waals surface area contributed by atoms with Crippen LogP contribution in [0.5, 0.6) is 0 Å². The highest BCUT2D eigenvalue weighted by molar-refractivity contribution is 5.87. The normalized spacial score (nSPS) is 14.9. The Bertz CT molecular complexity index is 1970. The third-order valence-corrected chi connectivity index (χ3v) is 15.7. The first-order chi connectivity index (χ1) is 28.8. The smallest absolute Gasteiger partial charge is 0.0782 e. The second kappa shape index (κ2) is 20.3. The molecule has 0 aliphatic heterocycles. The number of nitrogens with zero attached hydrogens (tertiary/aromatic N) is 2. The van der Waals surface area contributed by atoms with E-state index in [2.05, 4.69) is 143 Å². The number of unbranched alkanes of at least 4 members (excludes halogenated alkanes) is 10. The van der Waals surface area contributed by atoms with Gasteiger partial charge in [-0.15, -0.1) is 0 Å². The van der Waals surface area contributed by atoms with Crippen molar-refractivity contribution in [3.05, 3.63) is 106 Å². The van der Waals surface area contributed by atoms with Crippen LogP contribution in [-0.4, -0.2) is 63.3 Å². The van der Waals surface area contributed by atoms with Crippen molar-refractivity contribution in [3.63, 3.8) is 0 Å². The van der Waals surface area contributed by atoms with E-state index in [1.807, 2.05) is 0 Å². The molecule has 326 valence electrons. The average Bonchev–Trinajstić information content (AvgIpc) is 3.65. The van der Waals surface area contributed by atoms with E-state index in [4.69, 9.17) is 0 Å². The molecule has 2 nitrogen and oxygen atoms in total. The lowest BCUT2D eigenvalue weighted by molar-refractivity contribution is -0.889. The lowest BCUT2D eigenvalue weighted by Crippen LogP contribution is -2.42. The quantitative estimate of drug-likeness (QED) is 0.0462. The zero-order valence-electron chi connectivity index (χ0n) is 40.4. The second-order valence-corrected chi connectivity index (χ2v) is 21.0. The molecule has 60 heavy (non-hydrogen) atoms. The van der Waals surface area contributed by atoms with E-state index in [0.717, 1.165) is 8.97 Å². The molecular formula is C58H86N2+2. The van der Waals surface area contributed by atoms with E-state index >= 15 is 0 Å². The zero-order valence-corrected chi connectivity index (χ0v) is 40.4. The fraction of sp³-hybridized carbons (Fsp3) is 0.586. The lowest BCUT2D eigenvalue weighted by atomic mass is 9.69. The summed E-state index contributed by atoms with van der Waals surface area (Å²) < 4.78 is 2.17. The van der Waals surface area contributed by atoms with Gasteiger partial charge in [-0.1, -0.05) is 163 Å². The van der Waals surface area contributed by atoms with Crippen LogP contribution < -0.4 is 0 Å². The molecule has 0 amide bonds. The topological polar surface area (TPSA) is 0 Å². The first-order valence-electron chi connectivity index (χ1n) is 25.0. The molecule has 0 saturated heterocycles.